The molecule has 1 fully saturated rings. The summed E-state index contributed by atoms with van der Waals surface area (Å²) in [7, 11) is 3.05. The Labute approximate surface area is 148 Å². The van der Waals surface area contributed by atoms with Crippen LogP contribution in [0.2, 0.25) is 5.02 Å². The normalized spacial score (nSPS) is 14.0. The number of benzene rings is 1. The average Bonchev–Trinajstić information content (AvgIpc) is 3.32. The molecule has 6 nitrogen and oxygen atoms in total. The molecule has 0 spiro atoms. The van der Waals surface area contributed by atoms with Crippen LogP contribution < -0.4 is 14.8 Å². The molecule has 3 rings (SSSR count). The highest BCUT2D eigenvalue weighted by molar-refractivity contribution is 7.15. The van der Waals surface area contributed by atoms with Crippen LogP contribution in [0.5, 0.6) is 11.5 Å². The van der Waals surface area contributed by atoms with Gasteiger partial charge in [0.2, 0.25) is 11.0 Å². The van der Waals surface area contributed by atoms with Gasteiger partial charge in [-0.3, -0.25) is 10.1 Å². The van der Waals surface area contributed by atoms with Crippen molar-refractivity contribution in [3.05, 3.63) is 33.8 Å². The molecule has 8 heteroatoms. The van der Waals surface area contributed by atoms with E-state index in [2.05, 4.69) is 15.5 Å². The Kier molecular flexibility index (Phi) is 5.01. The van der Waals surface area contributed by atoms with Gasteiger partial charge in [0.15, 0.2) is 11.5 Å². The summed E-state index contributed by atoms with van der Waals surface area (Å²) in [6.45, 7) is 0. The van der Waals surface area contributed by atoms with Gasteiger partial charge in [0.1, 0.15) is 5.01 Å². The number of nitrogens with one attached hydrogen (secondary N) is 1. The van der Waals surface area contributed by atoms with E-state index >= 15 is 0 Å². The quantitative estimate of drug-likeness (QED) is 0.789. The molecule has 1 aromatic carbocycles. The maximum atomic E-state index is 12.0. The molecule has 0 bridgehead atoms. The van der Waals surface area contributed by atoms with Gasteiger partial charge in [0.25, 0.3) is 0 Å². The van der Waals surface area contributed by atoms with Crippen LogP contribution in [0.15, 0.2) is 18.2 Å². The lowest BCUT2D eigenvalue weighted by molar-refractivity contribution is -0.111. The van der Waals surface area contributed by atoms with Crippen molar-refractivity contribution in [3.8, 4) is 11.5 Å². The number of halogens is 1. The highest BCUT2D eigenvalue weighted by Gasteiger charge is 2.27. The molecule has 0 atom stereocenters. The number of carbonyl (C=O) groups excluding carboxylic acids is 1. The molecular formula is C16H16ClN3O3S. The van der Waals surface area contributed by atoms with Crippen LogP contribution in [0, 0.1) is 0 Å². The fourth-order valence-electron chi connectivity index (χ4n) is 2.13. The number of hydrogen-bond donors (Lipinski definition) is 1. The van der Waals surface area contributed by atoms with Gasteiger partial charge in [-0.15, -0.1) is 10.2 Å². The number of ether oxygens (including phenoxy) is 2. The van der Waals surface area contributed by atoms with Crippen LogP contribution in [0.3, 0.4) is 0 Å². The van der Waals surface area contributed by atoms with E-state index in [0.717, 1.165) is 23.4 Å². The molecule has 1 N–H and O–H groups in total. The minimum absolute atomic E-state index is 0.278. The largest absolute Gasteiger partial charge is 0.493 e. The van der Waals surface area contributed by atoms with Crippen molar-refractivity contribution in [2.45, 2.75) is 18.8 Å². The maximum absolute atomic E-state index is 12.0. The lowest BCUT2D eigenvalue weighted by Crippen LogP contribution is -2.07. The lowest BCUT2D eigenvalue weighted by Gasteiger charge is -2.10. The van der Waals surface area contributed by atoms with E-state index in [9.17, 15) is 4.79 Å². The summed E-state index contributed by atoms with van der Waals surface area (Å²) in [5.41, 5.74) is 0.726. The van der Waals surface area contributed by atoms with Crippen LogP contribution in [0.4, 0.5) is 5.13 Å². The number of carbonyl (C=O) groups is 1. The summed E-state index contributed by atoms with van der Waals surface area (Å²) < 4.78 is 10.4. The second kappa shape index (κ2) is 7.19. The van der Waals surface area contributed by atoms with Gasteiger partial charge < -0.3 is 9.47 Å². The fourth-order valence-corrected chi connectivity index (χ4v) is 3.35. The smallest absolute Gasteiger partial charge is 0.250 e. The first-order valence-electron chi connectivity index (χ1n) is 7.34. The third-order valence-corrected chi connectivity index (χ3v) is 4.76. The predicted molar refractivity (Wildman–Crippen MR) is 94.1 cm³/mol. The molecule has 0 unspecified atom stereocenters. The molecular weight excluding hydrogens is 350 g/mol. The monoisotopic (exact) mass is 365 g/mol. The number of aromatic nitrogens is 2. The summed E-state index contributed by atoms with van der Waals surface area (Å²) >= 11 is 7.56. The van der Waals surface area contributed by atoms with Crippen LogP contribution in [0.25, 0.3) is 6.08 Å². The molecule has 1 saturated carbocycles. The topological polar surface area (TPSA) is 73.3 Å². The summed E-state index contributed by atoms with van der Waals surface area (Å²) in [5.74, 6) is 1.21. The predicted octanol–water partition coefficient (Wildman–Crippen LogP) is 3.74. The summed E-state index contributed by atoms with van der Waals surface area (Å²) in [4.78, 5) is 12.0. The zero-order chi connectivity index (χ0) is 17.1. The van der Waals surface area contributed by atoms with Crippen LogP contribution in [0.1, 0.15) is 29.3 Å². The van der Waals surface area contributed by atoms with Gasteiger partial charge in [0, 0.05) is 12.0 Å². The van der Waals surface area contributed by atoms with Crippen molar-refractivity contribution in [1.29, 1.82) is 0 Å². The number of nitrogens with zero attached hydrogens (tertiary/aromatic N) is 2. The molecule has 1 aromatic heterocycles. The number of methoxy groups -OCH3 is 2. The summed E-state index contributed by atoms with van der Waals surface area (Å²) in [6.07, 6.45) is 5.37. The van der Waals surface area contributed by atoms with E-state index in [1.54, 1.807) is 18.2 Å². The first kappa shape index (κ1) is 16.7. The Hall–Kier alpha value is -2.12. The SMILES string of the molecule is COc1cc(/C=C/C(=O)Nc2nnc(C3CC3)s2)cc(Cl)c1OC. The maximum Gasteiger partial charge on any atom is 0.250 e. The van der Waals surface area contributed by atoms with Crippen molar-refractivity contribution in [2.24, 2.45) is 0 Å². The minimum Gasteiger partial charge on any atom is -0.493 e. The second-order valence-electron chi connectivity index (χ2n) is 5.28. The zero-order valence-electron chi connectivity index (χ0n) is 13.2. The van der Waals surface area contributed by atoms with Gasteiger partial charge in [-0.25, -0.2) is 0 Å². The van der Waals surface area contributed by atoms with Crippen LogP contribution in [-0.2, 0) is 4.79 Å². The van der Waals surface area contributed by atoms with Crippen molar-refractivity contribution in [3.63, 3.8) is 0 Å². The van der Waals surface area contributed by atoms with Gasteiger partial charge in [0.05, 0.1) is 19.2 Å². The third-order valence-electron chi connectivity index (χ3n) is 3.48. The molecule has 24 heavy (non-hydrogen) atoms. The number of hydrogen-bond acceptors (Lipinski definition) is 6. The number of anilines is 1. The second-order valence-corrected chi connectivity index (χ2v) is 6.70. The molecule has 2 aromatic rings. The van der Waals surface area contributed by atoms with Gasteiger partial charge in [-0.1, -0.05) is 22.9 Å². The van der Waals surface area contributed by atoms with Crippen LogP contribution >= 0.6 is 22.9 Å². The highest BCUT2D eigenvalue weighted by atomic mass is 35.5. The van der Waals surface area contributed by atoms with E-state index in [4.69, 9.17) is 21.1 Å². The van der Waals surface area contributed by atoms with E-state index in [1.165, 1.54) is 31.6 Å². The van der Waals surface area contributed by atoms with Crippen LogP contribution in [-0.4, -0.2) is 30.3 Å². The zero-order valence-corrected chi connectivity index (χ0v) is 14.8. The van der Waals surface area contributed by atoms with Gasteiger partial charge >= 0.3 is 0 Å². The number of amides is 1. The molecule has 0 radical (unpaired) electrons. The Balaban J connectivity index is 1.67. The van der Waals surface area contributed by atoms with E-state index in [1.807, 2.05) is 0 Å². The van der Waals surface area contributed by atoms with Crippen molar-refractivity contribution < 1.29 is 14.3 Å². The molecule has 1 aliphatic carbocycles. The highest BCUT2D eigenvalue weighted by Crippen LogP contribution is 2.42. The van der Waals surface area contributed by atoms with E-state index in [0.29, 0.717) is 27.6 Å². The van der Waals surface area contributed by atoms with Gasteiger partial charge in [-0.05, 0) is 36.6 Å². The fraction of sp³-hybridized carbons (Fsp3) is 0.312. The standard InChI is InChI=1S/C16H16ClN3O3S/c1-22-12-8-9(7-11(17)14(12)23-2)3-6-13(21)18-16-20-19-15(24-16)10-4-5-10/h3,6-8,10H,4-5H2,1-2H3,(H,18,20,21)/b6-3+. The van der Waals surface area contributed by atoms with E-state index < -0.39 is 0 Å². The molecule has 1 heterocycles. The van der Waals surface area contributed by atoms with Crippen molar-refractivity contribution in [1.82, 2.24) is 10.2 Å². The Morgan fingerprint density at radius 1 is 1.33 bits per heavy atom. The summed E-state index contributed by atoms with van der Waals surface area (Å²) in [5, 5.41) is 12.7. The molecule has 126 valence electrons. The third kappa shape index (κ3) is 3.85. The number of rotatable bonds is 6. The molecule has 1 aliphatic rings. The summed E-state index contributed by atoms with van der Waals surface area (Å²) in [6, 6.07) is 3.44. The van der Waals surface area contributed by atoms with Gasteiger partial charge in [-0.2, -0.15) is 0 Å². The first-order valence-corrected chi connectivity index (χ1v) is 8.54. The van der Waals surface area contributed by atoms with E-state index in [-0.39, 0.29) is 5.91 Å². The Morgan fingerprint density at radius 3 is 2.79 bits per heavy atom. The van der Waals surface area contributed by atoms with Crippen molar-refractivity contribution in [2.75, 3.05) is 19.5 Å². The Morgan fingerprint density at radius 2 is 2.12 bits per heavy atom. The average molecular weight is 366 g/mol. The molecule has 0 aliphatic heterocycles. The molecule has 0 saturated heterocycles. The first-order chi connectivity index (χ1) is 11.6. The van der Waals surface area contributed by atoms with Crippen molar-refractivity contribution >= 4 is 40.1 Å². The minimum atomic E-state index is -0.278. The lowest BCUT2D eigenvalue weighted by atomic mass is 10.2. The molecule has 1 amide bonds. The Bertz CT molecular complexity index is 787.